The molecule has 4 rings (SSSR count). The summed E-state index contributed by atoms with van der Waals surface area (Å²) in [5, 5.41) is 49.9. The molecule has 2 amide bonds. The third-order valence-corrected chi connectivity index (χ3v) is 7.40. The molecule has 1 fully saturated rings. The SMILES string of the molecule is CCNCC(=O)Nc1ccc2c(c1O)C(O)=C1C(=O)[C@]3(O)C(O)=C(C(N)=O)C(=O)[C@@H](N(C)C)C3CC1C2.Cl.Cl. The van der Waals surface area contributed by atoms with Gasteiger partial charge in [-0.25, -0.2) is 0 Å². The van der Waals surface area contributed by atoms with Gasteiger partial charge >= 0.3 is 0 Å². The second kappa shape index (κ2) is 11.5. The number of hydrogen-bond donors (Lipinski definition) is 7. The summed E-state index contributed by atoms with van der Waals surface area (Å²) in [7, 11) is 3.08. The predicted molar refractivity (Wildman–Crippen MR) is 146 cm³/mol. The number of anilines is 1. The van der Waals surface area contributed by atoms with Crippen molar-refractivity contribution in [2.45, 2.75) is 31.4 Å². The van der Waals surface area contributed by atoms with Gasteiger partial charge in [0, 0.05) is 11.5 Å². The van der Waals surface area contributed by atoms with E-state index in [0.717, 1.165) is 0 Å². The van der Waals surface area contributed by atoms with Crippen LogP contribution in [0.5, 0.6) is 5.75 Å². The minimum absolute atomic E-state index is 0. The number of rotatable bonds is 6. The molecule has 0 spiro atoms. The number of amides is 2. The number of ketones is 2. The molecule has 0 radical (unpaired) electrons. The number of nitrogens with two attached hydrogens (primary N) is 1. The van der Waals surface area contributed by atoms with Crippen LogP contribution < -0.4 is 16.4 Å². The number of nitrogens with zero attached hydrogens (tertiary/aromatic N) is 1. The van der Waals surface area contributed by atoms with Crippen molar-refractivity contribution >= 4 is 59.6 Å². The zero-order chi connectivity index (χ0) is 27.4. The minimum atomic E-state index is -2.70. The van der Waals surface area contributed by atoms with E-state index in [9.17, 15) is 39.6 Å². The van der Waals surface area contributed by atoms with Gasteiger partial charge < -0.3 is 36.8 Å². The Balaban J connectivity index is 0.00000267. The molecular weight excluding hydrogens is 555 g/mol. The maximum absolute atomic E-state index is 13.8. The average molecular weight is 587 g/mol. The number of Topliss-reactive ketones (excluding diaryl/α,β-unsaturated/α-hetero) is 2. The van der Waals surface area contributed by atoms with Crippen molar-refractivity contribution in [2.75, 3.05) is 32.5 Å². The van der Waals surface area contributed by atoms with Gasteiger partial charge in [-0.2, -0.15) is 0 Å². The predicted octanol–water partition coefficient (Wildman–Crippen LogP) is 0.356. The fourth-order valence-corrected chi connectivity index (χ4v) is 5.75. The Hall–Kier alpha value is -3.16. The molecule has 14 heteroatoms. The quantitative estimate of drug-likeness (QED) is 0.180. The van der Waals surface area contributed by atoms with Crippen LogP contribution in [0.4, 0.5) is 5.69 Å². The lowest BCUT2D eigenvalue weighted by Crippen LogP contribution is -2.65. The number of carbonyl (C=O) groups is 4. The number of fused-ring (bicyclic) bond motifs is 3. The van der Waals surface area contributed by atoms with E-state index in [4.69, 9.17) is 5.73 Å². The molecule has 3 aliphatic carbocycles. The molecule has 1 saturated carbocycles. The lowest BCUT2D eigenvalue weighted by molar-refractivity contribution is -0.153. The number of carbonyl (C=O) groups excluding carboxylic acids is 4. The van der Waals surface area contributed by atoms with Crippen molar-refractivity contribution in [1.82, 2.24) is 10.2 Å². The number of benzene rings is 1. The fourth-order valence-electron chi connectivity index (χ4n) is 5.75. The van der Waals surface area contributed by atoms with Crippen molar-refractivity contribution in [2.24, 2.45) is 17.6 Å². The van der Waals surface area contributed by atoms with Crippen molar-refractivity contribution in [3.8, 4) is 5.75 Å². The van der Waals surface area contributed by atoms with E-state index >= 15 is 0 Å². The summed E-state index contributed by atoms with van der Waals surface area (Å²) < 4.78 is 0. The molecule has 2 unspecified atom stereocenters. The zero-order valence-electron chi connectivity index (χ0n) is 21.5. The van der Waals surface area contributed by atoms with Gasteiger partial charge in [-0.3, -0.25) is 24.1 Å². The summed E-state index contributed by atoms with van der Waals surface area (Å²) in [5.74, 6) is -7.63. The Kier molecular flexibility index (Phi) is 9.47. The summed E-state index contributed by atoms with van der Waals surface area (Å²) in [5.41, 5.74) is 1.92. The molecule has 3 aliphatic rings. The number of aromatic hydroxyl groups is 1. The summed E-state index contributed by atoms with van der Waals surface area (Å²) >= 11 is 0. The number of phenols is 1. The van der Waals surface area contributed by atoms with Gasteiger partial charge in [0.1, 0.15) is 22.8 Å². The van der Waals surface area contributed by atoms with Gasteiger partial charge in [-0.15, -0.1) is 24.8 Å². The molecule has 1 aromatic carbocycles. The lowest BCUT2D eigenvalue weighted by atomic mass is 9.57. The fraction of sp³-hybridized carbons (Fsp3) is 0.440. The van der Waals surface area contributed by atoms with Crippen molar-refractivity contribution in [1.29, 1.82) is 0 Å². The first-order valence-corrected chi connectivity index (χ1v) is 11.9. The van der Waals surface area contributed by atoms with Crippen LogP contribution in [0.25, 0.3) is 5.76 Å². The van der Waals surface area contributed by atoms with E-state index in [2.05, 4.69) is 10.6 Å². The molecule has 39 heavy (non-hydrogen) atoms. The van der Waals surface area contributed by atoms with Gasteiger partial charge in [0.25, 0.3) is 5.91 Å². The summed E-state index contributed by atoms with van der Waals surface area (Å²) in [6.45, 7) is 2.38. The van der Waals surface area contributed by atoms with Crippen LogP contribution in [0.15, 0.2) is 29.0 Å². The Morgan fingerprint density at radius 1 is 1.15 bits per heavy atom. The van der Waals surface area contributed by atoms with E-state index in [-0.39, 0.29) is 61.0 Å². The van der Waals surface area contributed by atoms with Crippen LogP contribution in [0.1, 0.15) is 24.5 Å². The number of halogens is 2. The van der Waals surface area contributed by atoms with Crippen LogP contribution in [-0.2, 0) is 25.6 Å². The highest BCUT2D eigenvalue weighted by atomic mass is 35.5. The molecule has 4 atom stereocenters. The average Bonchev–Trinajstić information content (AvgIpc) is 2.81. The molecule has 12 nitrogen and oxygen atoms in total. The molecule has 0 bridgehead atoms. The smallest absolute Gasteiger partial charge is 0.255 e. The molecule has 0 saturated heterocycles. The highest BCUT2D eigenvalue weighted by Gasteiger charge is 2.64. The topological polar surface area (TPSA) is 203 Å². The van der Waals surface area contributed by atoms with E-state index in [1.165, 1.54) is 25.1 Å². The van der Waals surface area contributed by atoms with Crippen molar-refractivity contribution in [3.63, 3.8) is 0 Å². The first-order chi connectivity index (χ1) is 17.4. The third kappa shape index (κ3) is 4.87. The van der Waals surface area contributed by atoms with Gasteiger partial charge in [-0.05, 0) is 51.0 Å². The second-order valence-electron chi connectivity index (χ2n) is 9.79. The number of nitrogens with one attached hydrogen (secondary N) is 2. The van der Waals surface area contributed by atoms with Crippen LogP contribution in [0, 0.1) is 11.8 Å². The molecule has 214 valence electrons. The first kappa shape index (κ1) is 32.1. The summed E-state index contributed by atoms with van der Waals surface area (Å²) in [6, 6.07) is 1.95. The molecule has 0 aliphatic heterocycles. The third-order valence-electron chi connectivity index (χ3n) is 7.40. The number of hydrogen-bond acceptors (Lipinski definition) is 10. The number of primary amides is 1. The van der Waals surface area contributed by atoms with E-state index in [1.807, 2.05) is 6.92 Å². The molecule has 0 heterocycles. The standard InChI is InChI=1S/C25H30N4O8.2ClH/c1-4-27-9-14(30)28-13-6-5-10-7-11-8-12-18(29(2)3)21(33)17(24(26)36)23(35)25(12,37)22(34)16(11)20(32)15(10)19(13)31;;/h5-6,11-12,18,27,31-32,35,37H,4,7-9H2,1-3H3,(H2,26,36)(H,28,30);2*1H/t11?,12?,18-,25-;;/m0../s1. The maximum Gasteiger partial charge on any atom is 0.255 e. The minimum Gasteiger partial charge on any atom is -0.508 e. The van der Waals surface area contributed by atoms with Crippen molar-refractivity contribution < 1.29 is 39.6 Å². The Labute approximate surface area is 236 Å². The van der Waals surface area contributed by atoms with Crippen LogP contribution in [0.2, 0.25) is 0 Å². The van der Waals surface area contributed by atoms with Crippen molar-refractivity contribution in [3.05, 3.63) is 40.2 Å². The largest absolute Gasteiger partial charge is 0.508 e. The highest BCUT2D eigenvalue weighted by Crippen LogP contribution is 2.53. The van der Waals surface area contributed by atoms with Gasteiger partial charge in [0.2, 0.25) is 11.7 Å². The Morgan fingerprint density at radius 3 is 2.36 bits per heavy atom. The maximum atomic E-state index is 13.8. The van der Waals surface area contributed by atoms with Gasteiger partial charge in [0.05, 0.1) is 23.8 Å². The normalized spacial score (nSPS) is 25.7. The number of aliphatic hydroxyl groups is 3. The molecule has 8 N–H and O–H groups in total. The lowest BCUT2D eigenvalue weighted by Gasteiger charge is -2.50. The summed E-state index contributed by atoms with van der Waals surface area (Å²) in [4.78, 5) is 52.4. The van der Waals surface area contributed by atoms with Crippen LogP contribution >= 0.6 is 24.8 Å². The Bertz CT molecular complexity index is 1290. The van der Waals surface area contributed by atoms with E-state index in [1.54, 1.807) is 6.07 Å². The molecule has 1 aromatic rings. The van der Waals surface area contributed by atoms with Crippen LogP contribution in [0.3, 0.4) is 0 Å². The number of aliphatic hydroxyl groups excluding tert-OH is 2. The Morgan fingerprint density at radius 2 is 1.79 bits per heavy atom. The molecular formula is C25H32Cl2N4O8. The zero-order valence-corrected chi connectivity index (χ0v) is 23.1. The second-order valence-corrected chi connectivity index (χ2v) is 9.79. The van der Waals surface area contributed by atoms with Crippen LogP contribution in [-0.4, -0.2) is 87.5 Å². The number of phenolic OH excluding ortho intramolecular Hbond substituents is 1. The number of likely N-dealkylation sites (N-methyl/N-ethyl adjacent to an activating group) is 2. The highest BCUT2D eigenvalue weighted by molar-refractivity contribution is 6.24. The summed E-state index contributed by atoms with van der Waals surface area (Å²) in [6.07, 6.45) is 0.182. The monoisotopic (exact) mass is 586 g/mol. The van der Waals surface area contributed by atoms with E-state index in [0.29, 0.717) is 12.1 Å². The molecule has 0 aromatic heterocycles. The van der Waals surface area contributed by atoms with Gasteiger partial charge in [-0.1, -0.05) is 13.0 Å². The first-order valence-electron chi connectivity index (χ1n) is 11.9. The van der Waals surface area contributed by atoms with Gasteiger partial charge in [0.15, 0.2) is 11.4 Å². The van der Waals surface area contributed by atoms with E-state index < -0.39 is 69.7 Å².